The van der Waals surface area contributed by atoms with Gasteiger partial charge in [0.05, 0.1) is 49.9 Å². The molecule has 2 aromatic carbocycles. The molecule has 0 saturated carbocycles. The van der Waals surface area contributed by atoms with Crippen LogP contribution in [0.25, 0.3) is 0 Å². The Morgan fingerprint density at radius 1 is 1.18 bits per heavy atom. The number of aliphatic hydroxyl groups is 1. The third-order valence-corrected chi connectivity index (χ3v) is 4.59. The van der Waals surface area contributed by atoms with E-state index in [0.29, 0.717) is 3.57 Å². The van der Waals surface area contributed by atoms with Crippen LogP contribution in [0.1, 0.15) is 22.3 Å². The molecule has 0 aliphatic carbocycles. The first-order chi connectivity index (χ1) is 15.8. The smallest absolute Gasteiger partial charge is 0.309 e. The predicted octanol–water partition coefficient (Wildman–Crippen LogP) is 3.02. The normalized spacial score (nSPS) is 10.8. The Labute approximate surface area is 200 Å². The fraction of sp³-hybridized carbons (Fsp3) is 0.250. The molecule has 0 unspecified atom stereocenters. The summed E-state index contributed by atoms with van der Waals surface area (Å²) in [5, 5.41) is 14.6. The summed E-state index contributed by atoms with van der Waals surface area (Å²) in [5.41, 5.74) is 0.205. The quantitative estimate of drug-likeness (QED) is 0.123. The molecule has 2 rings (SSSR count). The van der Waals surface area contributed by atoms with Crippen LogP contribution in [-0.4, -0.2) is 50.1 Å². The number of amides is 1. The van der Waals surface area contributed by atoms with Crippen LogP contribution in [-0.2, 0) is 19.2 Å². The van der Waals surface area contributed by atoms with Crippen molar-refractivity contribution in [3.8, 4) is 0 Å². The lowest BCUT2D eigenvalue weighted by Gasteiger charge is -2.15. The summed E-state index contributed by atoms with van der Waals surface area (Å²) in [6, 6.07) is 4.92. The van der Waals surface area contributed by atoms with Crippen molar-refractivity contribution >= 4 is 52.1 Å². The number of nitrogens with zero attached hydrogens (tertiary/aromatic N) is 1. The Morgan fingerprint density at radius 3 is 2.61 bits per heavy atom. The van der Waals surface area contributed by atoms with Gasteiger partial charge in [0.1, 0.15) is 12.4 Å². The SMILES string of the molecule is COC(=O)CCO/N=C/c1cc(C(=O)NOCCO)c(Nc2ccc(I)cc2F)c(F)c1F. The van der Waals surface area contributed by atoms with Gasteiger partial charge >= 0.3 is 5.97 Å². The Hall–Kier alpha value is -2.91. The van der Waals surface area contributed by atoms with Crippen molar-refractivity contribution in [2.45, 2.75) is 6.42 Å². The molecule has 13 heteroatoms. The molecule has 9 nitrogen and oxygen atoms in total. The second kappa shape index (κ2) is 13.0. The van der Waals surface area contributed by atoms with Gasteiger partial charge in [0, 0.05) is 9.13 Å². The third kappa shape index (κ3) is 7.57. The highest BCUT2D eigenvalue weighted by atomic mass is 127. The molecular weight excluding hydrogens is 562 g/mol. The molecule has 0 aliphatic rings. The number of rotatable bonds is 11. The Balaban J connectivity index is 2.37. The van der Waals surface area contributed by atoms with Crippen molar-refractivity contribution in [1.29, 1.82) is 0 Å². The number of carbonyl (C=O) groups is 2. The van der Waals surface area contributed by atoms with Crippen molar-refractivity contribution in [3.05, 3.63) is 56.4 Å². The molecule has 0 saturated heterocycles. The maximum absolute atomic E-state index is 14.9. The number of benzene rings is 2. The lowest BCUT2D eigenvalue weighted by molar-refractivity contribution is -0.141. The van der Waals surface area contributed by atoms with Crippen molar-refractivity contribution in [1.82, 2.24) is 5.48 Å². The van der Waals surface area contributed by atoms with Crippen LogP contribution in [0.4, 0.5) is 24.5 Å². The minimum atomic E-state index is -1.49. The van der Waals surface area contributed by atoms with Gasteiger partial charge in [0.25, 0.3) is 5.91 Å². The minimum absolute atomic E-state index is 0.120. The number of halogens is 4. The predicted molar refractivity (Wildman–Crippen MR) is 119 cm³/mol. The number of nitrogens with one attached hydrogen (secondary N) is 2. The van der Waals surface area contributed by atoms with Crippen molar-refractivity contribution in [2.75, 3.05) is 32.2 Å². The number of hydroxylamine groups is 1. The number of esters is 1. The van der Waals surface area contributed by atoms with E-state index < -0.39 is 52.7 Å². The number of aliphatic hydroxyl groups excluding tert-OH is 1. The standard InChI is InChI=1S/C20H19F3IN3O6/c1-31-16(29)4-6-32-25-10-11-8-13(20(30)27-33-7-5-28)19(18(23)17(11)22)26-15-3-2-12(24)9-14(15)21/h2-3,8-10,26,28H,4-7H2,1H3,(H,27,30)/b25-10+. The number of hydrogen-bond donors (Lipinski definition) is 3. The molecule has 0 radical (unpaired) electrons. The molecule has 3 N–H and O–H groups in total. The number of oxime groups is 1. The molecule has 0 spiro atoms. The lowest BCUT2D eigenvalue weighted by atomic mass is 10.1. The molecule has 0 aliphatic heterocycles. The van der Waals surface area contributed by atoms with Gasteiger partial charge in [-0.15, -0.1) is 0 Å². The summed E-state index contributed by atoms with van der Waals surface area (Å²) < 4.78 is 48.8. The zero-order chi connectivity index (χ0) is 24.4. The Morgan fingerprint density at radius 2 is 1.94 bits per heavy atom. The van der Waals surface area contributed by atoms with Gasteiger partial charge in [-0.3, -0.25) is 14.4 Å². The van der Waals surface area contributed by atoms with Gasteiger partial charge in [-0.05, 0) is 46.9 Å². The van der Waals surface area contributed by atoms with E-state index in [1.54, 1.807) is 0 Å². The fourth-order valence-electron chi connectivity index (χ4n) is 2.36. The van der Waals surface area contributed by atoms with Gasteiger partial charge in [-0.25, -0.2) is 18.7 Å². The van der Waals surface area contributed by atoms with Gasteiger partial charge in [-0.1, -0.05) is 5.16 Å². The lowest BCUT2D eigenvalue weighted by Crippen LogP contribution is -2.26. The summed E-state index contributed by atoms with van der Waals surface area (Å²) in [6.45, 7) is -0.842. The number of ether oxygens (including phenoxy) is 1. The van der Waals surface area contributed by atoms with E-state index in [1.165, 1.54) is 19.2 Å². The first kappa shape index (κ1) is 26.3. The van der Waals surface area contributed by atoms with E-state index in [1.807, 2.05) is 28.1 Å². The largest absolute Gasteiger partial charge is 0.469 e. The van der Waals surface area contributed by atoms with Crippen LogP contribution in [0.3, 0.4) is 0 Å². The van der Waals surface area contributed by atoms with Gasteiger partial charge < -0.3 is 20.0 Å². The molecule has 1 amide bonds. The summed E-state index contributed by atoms with van der Waals surface area (Å²) >= 11 is 1.87. The summed E-state index contributed by atoms with van der Waals surface area (Å²) in [7, 11) is 1.19. The van der Waals surface area contributed by atoms with Gasteiger partial charge in [0.2, 0.25) is 0 Å². The fourth-order valence-corrected chi connectivity index (χ4v) is 2.81. The first-order valence-corrected chi connectivity index (χ1v) is 10.4. The minimum Gasteiger partial charge on any atom is -0.469 e. The Kier molecular flexibility index (Phi) is 10.3. The zero-order valence-corrected chi connectivity index (χ0v) is 19.3. The second-order valence-corrected chi connectivity index (χ2v) is 7.41. The highest BCUT2D eigenvalue weighted by Gasteiger charge is 2.23. The van der Waals surface area contributed by atoms with E-state index in [4.69, 9.17) is 14.8 Å². The number of carbonyl (C=O) groups excluding carboxylic acids is 2. The average Bonchev–Trinajstić information content (AvgIpc) is 2.79. The Bertz CT molecular complexity index is 1040. The molecule has 0 atom stereocenters. The van der Waals surface area contributed by atoms with E-state index in [-0.39, 0.29) is 25.3 Å². The summed E-state index contributed by atoms with van der Waals surface area (Å²) in [5.74, 6) is -5.19. The summed E-state index contributed by atoms with van der Waals surface area (Å²) in [4.78, 5) is 33.1. The van der Waals surface area contributed by atoms with Crippen molar-refractivity contribution in [3.63, 3.8) is 0 Å². The third-order valence-electron chi connectivity index (χ3n) is 3.92. The number of anilines is 2. The zero-order valence-electron chi connectivity index (χ0n) is 17.2. The molecule has 0 bridgehead atoms. The first-order valence-electron chi connectivity index (χ1n) is 9.27. The topological polar surface area (TPSA) is 118 Å². The second-order valence-electron chi connectivity index (χ2n) is 6.16. The van der Waals surface area contributed by atoms with Gasteiger partial charge in [0.15, 0.2) is 11.6 Å². The highest BCUT2D eigenvalue weighted by Crippen LogP contribution is 2.30. The molecular formula is C20H19F3IN3O6. The van der Waals surface area contributed by atoms with Gasteiger partial charge in [-0.2, -0.15) is 0 Å². The van der Waals surface area contributed by atoms with Crippen molar-refractivity contribution in [2.24, 2.45) is 5.16 Å². The molecule has 2 aromatic rings. The van der Waals surface area contributed by atoms with Crippen LogP contribution >= 0.6 is 22.6 Å². The maximum atomic E-state index is 14.9. The van der Waals surface area contributed by atoms with Crippen molar-refractivity contribution < 1.29 is 42.3 Å². The number of methoxy groups -OCH3 is 1. The van der Waals surface area contributed by atoms with E-state index in [2.05, 4.69) is 15.2 Å². The maximum Gasteiger partial charge on any atom is 0.309 e. The van der Waals surface area contributed by atoms with Crippen LogP contribution in [0, 0.1) is 21.0 Å². The molecule has 0 heterocycles. The monoisotopic (exact) mass is 581 g/mol. The number of hydrogen-bond acceptors (Lipinski definition) is 8. The van der Waals surface area contributed by atoms with E-state index in [9.17, 15) is 22.8 Å². The molecule has 33 heavy (non-hydrogen) atoms. The van der Waals surface area contributed by atoms with Crippen LogP contribution in [0.5, 0.6) is 0 Å². The average molecular weight is 581 g/mol. The molecule has 0 aromatic heterocycles. The van der Waals surface area contributed by atoms with E-state index in [0.717, 1.165) is 18.3 Å². The summed E-state index contributed by atoms with van der Waals surface area (Å²) in [6.07, 6.45) is 0.682. The molecule has 178 valence electrons. The van der Waals surface area contributed by atoms with E-state index >= 15 is 0 Å². The molecule has 0 fully saturated rings. The van der Waals surface area contributed by atoms with Crippen LogP contribution in [0.2, 0.25) is 0 Å². The van der Waals surface area contributed by atoms with Crippen LogP contribution < -0.4 is 10.8 Å². The van der Waals surface area contributed by atoms with Crippen LogP contribution in [0.15, 0.2) is 29.4 Å². The highest BCUT2D eigenvalue weighted by molar-refractivity contribution is 14.1.